The molecule has 1 fully saturated rings. The molecule has 0 aliphatic carbocycles. The van der Waals surface area contributed by atoms with E-state index in [1.54, 1.807) is 24.3 Å². The first-order valence-electron chi connectivity index (χ1n) is 6.80. The van der Waals surface area contributed by atoms with Crippen molar-refractivity contribution in [1.29, 1.82) is 0 Å². The van der Waals surface area contributed by atoms with Crippen LogP contribution in [0.5, 0.6) is 0 Å². The SMILES string of the molecule is CCCC(C(=O)O)N1C(=O)/C(=C/c2ccc(Cl)cc2Cl)SC1=S. The van der Waals surface area contributed by atoms with Crippen LogP contribution in [0.1, 0.15) is 25.3 Å². The summed E-state index contributed by atoms with van der Waals surface area (Å²) in [6.45, 7) is 1.86. The minimum atomic E-state index is -1.06. The van der Waals surface area contributed by atoms with Gasteiger partial charge in [-0.2, -0.15) is 0 Å². The quantitative estimate of drug-likeness (QED) is 0.595. The zero-order chi connectivity index (χ0) is 17.1. The molecular formula is C15H13Cl2NO3S2. The third-order valence-electron chi connectivity index (χ3n) is 3.23. The number of benzene rings is 1. The maximum absolute atomic E-state index is 12.5. The number of hydrogen-bond donors (Lipinski definition) is 1. The van der Waals surface area contributed by atoms with Gasteiger partial charge in [-0.3, -0.25) is 9.69 Å². The second kappa shape index (κ2) is 7.66. The van der Waals surface area contributed by atoms with Crippen molar-refractivity contribution in [2.45, 2.75) is 25.8 Å². The van der Waals surface area contributed by atoms with Gasteiger partial charge in [0.05, 0.1) is 4.91 Å². The molecule has 4 nitrogen and oxygen atoms in total. The number of aliphatic carboxylic acids is 1. The van der Waals surface area contributed by atoms with Crippen molar-refractivity contribution in [3.63, 3.8) is 0 Å². The molecule has 1 saturated heterocycles. The number of carbonyl (C=O) groups is 2. The molecule has 1 heterocycles. The van der Waals surface area contributed by atoms with Crippen LogP contribution in [0.25, 0.3) is 6.08 Å². The van der Waals surface area contributed by atoms with E-state index in [2.05, 4.69) is 0 Å². The van der Waals surface area contributed by atoms with Crippen LogP contribution >= 0.6 is 47.2 Å². The molecule has 1 amide bonds. The average molecular weight is 390 g/mol. The Morgan fingerprint density at radius 3 is 2.74 bits per heavy atom. The summed E-state index contributed by atoms with van der Waals surface area (Å²) in [6, 6.07) is 3.99. The molecule has 122 valence electrons. The number of thioether (sulfide) groups is 1. The van der Waals surface area contributed by atoms with Crippen LogP contribution in [0.15, 0.2) is 23.1 Å². The van der Waals surface area contributed by atoms with Crippen molar-refractivity contribution < 1.29 is 14.7 Å². The summed E-state index contributed by atoms with van der Waals surface area (Å²) in [6.07, 6.45) is 2.58. The number of amides is 1. The molecule has 1 atom stereocenters. The lowest BCUT2D eigenvalue weighted by molar-refractivity contribution is -0.145. The van der Waals surface area contributed by atoms with Gasteiger partial charge in [0.15, 0.2) is 0 Å². The molecule has 1 unspecified atom stereocenters. The zero-order valence-corrected chi connectivity index (χ0v) is 15.2. The van der Waals surface area contributed by atoms with Crippen molar-refractivity contribution in [3.05, 3.63) is 38.7 Å². The van der Waals surface area contributed by atoms with E-state index in [4.69, 9.17) is 35.4 Å². The van der Waals surface area contributed by atoms with E-state index in [0.717, 1.165) is 11.8 Å². The Balaban J connectivity index is 2.33. The summed E-state index contributed by atoms with van der Waals surface area (Å²) < 4.78 is 0.243. The number of thiocarbonyl (C=S) groups is 1. The topological polar surface area (TPSA) is 57.6 Å². The van der Waals surface area contributed by atoms with E-state index < -0.39 is 17.9 Å². The molecule has 1 aromatic rings. The van der Waals surface area contributed by atoms with Gasteiger partial charge in [0.2, 0.25) is 0 Å². The highest BCUT2D eigenvalue weighted by Crippen LogP contribution is 2.36. The van der Waals surface area contributed by atoms with Crippen LogP contribution in [0.4, 0.5) is 0 Å². The van der Waals surface area contributed by atoms with E-state index in [9.17, 15) is 14.7 Å². The first-order chi connectivity index (χ1) is 10.8. The lowest BCUT2D eigenvalue weighted by Gasteiger charge is -2.22. The van der Waals surface area contributed by atoms with E-state index >= 15 is 0 Å². The van der Waals surface area contributed by atoms with Crippen molar-refractivity contribution in [2.24, 2.45) is 0 Å². The number of carboxylic acids is 1. The second-order valence-corrected chi connectivity index (χ2v) is 7.38. The summed E-state index contributed by atoms with van der Waals surface area (Å²) in [7, 11) is 0. The third kappa shape index (κ3) is 4.07. The highest BCUT2D eigenvalue weighted by atomic mass is 35.5. The highest BCUT2D eigenvalue weighted by molar-refractivity contribution is 8.26. The normalized spacial score (nSPS) is 17.9. The first-order valence-corrected chi connectivity index (χ1v) is 8.78. The fourth-order valence-corrected chi connectivity index (χ4v) is 3.96. The predicted molar refractivity (Wildman–Crippen MR) is 97.8 cm³/mol. The fraction of sp³-hybridized carbons (Fsp3) is 0.267. The predicted octanol–water partition coefficient (Wildman–Crippen LogP) is 4.45. The Hall–Kier alpha value is -1.08. The Kier molecular flexibility index (Phi) is 6.08. The standard InChI is InChI=1S/C15H13Cl2NO3S2/c1-2-3-11(14(20)21)18-13(19)12(23-15(18)22)6-8-4-5-9(16)7-10(8)17/h4-7,11H,2-3H2,1H3,(H,20,21)/b12-6-. The molecule has 0 saturated carbocycles. The van der Waals surface area contributed by atoms with E-state index in [1.165, 1.54) is 4.90 Å². The molecule has 2 rings (SSSR count). The van der Waals surface area contributed by atoms with Crippen molar-refractivity contribution >= 4 is 69.5 Å². The van der Waals surface area contributed by atoms with Crippen LogP contribution in [0.3, 0.4) is 0 Å². The maximum Gasteiger partial charge on any atom is 0.326 e. The van der Waals surface area contributed by atoms with Crippen molar-refractivity contribution in [2.75, 3.05) is 0 Å². The average Bonchev–Trinajstić information content (AvgIpc) is 2.74. The minimum Gasteiger partial charge on any atom is -0.480 e. The Morgan fingerprint density at radius 1 is 1.48 bits per heavy atom. The number of rotatable bonds is 5. The third-order valence-corrected chi connectivity index (χ3v) is 5.12. The second-order valence-electron chi connectivity index (χ2n) is 4.86. The van der Waals surface area contributed by atoms with E-state index in [0.29, 0.717) is 33.4 Å². The maximum atomic E-state index is 12.5. The molecule has 0 aromatic heterocycles. The Bertz CT molecular complexity index is 706. The van der Waals surface area contributed by atoms with Crippen LogP contribution in [-0.4, -0.2) is 32.2 Å². The Labute approximate surface area is 153 Å². The molecule has 8 heteroatoms. The largest absolute Gasteiger partial charge is 0.480 e. The smallest absolute Gasteiger partial charge is 0.326 e. The van der Waals surface area contributed by atoms with Crippen molar-refractivity contribution in [3.8, 4) is 0 Å². The number of halogens is 2. The van der Waals surface area contributed by atoms with Crippen LogP contribution in [-0.2, 0) is 9.59 Å². The number of carboxylic acid groups (broad SMARTS) is 1. The summed E-state index contributed by atoms with van der Waals surface area (Å²) in [5, 5.41) is 10.2. The Morgan fingerprint density at radius 2 is 2.17 bits per heavy atom. The molecule has 0 spiro atoms. The van der Waals surface area contributed by atoms with Gasteiger partial charge in [-0.1, -0.05) is 66.6 Å². The lowest BCUT2D eigenvalue weighted by atomic mass is 10.1. The molecule has 1 aromatic carbocycles. The molecular weight excluding hydrogens is 377 g/mol. The van der Waals surface area contributed by atoms with Gasteiger partial charge in [0.1, 0.15) is 10.4 Å². The van der Waals surface area contributed by atoms with Gasteiger partial charge < -0.3 is 5.11 Å². The van der Waals surface area contributed by atoms with Crippen LogP contribution in [0.2, 0.25) is 10.0 Å². The van der Waals surface area contributed by atoms with Crippen LogP contribution < -0.4 is 0 Å². The van der Waals surface area contributed by atoms with Crippen molar-refractivity contribution in [1.82, 2.24) is 4.90 Å². The fourth-order valence-electron chi connectivity index (χ4n) is 2.14. The minimum absolute atomic E-state index is 0.243. The summed E-state index contributed by atoms with van der Waals surface area (Å²) in [4.78, 5) is 25.5. The van der Waals surface area contributed by atoms with Gasteiger partial charge in [-0.15, -0.1) is 0 Å². The molecule has 0 radical (unpaired) electrons. The summed E-state index contributed by atoms with van der Waals surface area (Å²) in [5.74, 6) is -1.47. The highest BCUT2D eigenvalue weighted by Gasteiger charge is 2.39. The van der Waals surface area contributed by atoms with Gasteiger partial charge in [-0.05, 0) is 30.2 Å². The molecule has 0 bridgehead atoms. The van der Waals surface area contributed by atoms with Gasteiger partial charge in [-0.25, -0.2) is 4.79 Å². The molecule has 23 heavy (non-hydrogen) atoms. The molecule has 1 aliphatic rings. The van der Waals surface area contributed by atoms with Crippen LogP contribution in [0, 0.1) is 0 Å². The number of nitrogens with zero attached hydrogens (tertiary/aromatic N) is 1. The lowest BCUT2D eigenvalue weighted by Crippen LogP contribution is -2.43. The van der Waals surface area contributed by atoms with Gasteiger partial charge in [0.25, 0.3) is 5.91 Å². The van der Waals surface area contributed by atoms with E-state index in [-0.39, 0.29) is 4.32 Å². The number of carbonyl (C=O) groups excluding carboxylic acids is 1. The zero-order valence-electron chi connectivity index (χ0n) is 12.1. The summed E-state index contributed by atoms with van der Waals surface area (Å²) in [5.41, 5.74) is 0.624. The first kappa shape index (κ1) is 18.3. The van der Waals surface area contributed by atoms with Gasteiger partial charge >= 0.3 is 5.97 Å². The van der Waals surface area contributed by atoms with E-state index in [1.807, 2.05) is 6.92 Å². The molecule has 1 N–H and O–H groups in total. The molecule has 1 aliphatic heterocycles. The summed E-state index contributed by atoms with van der Waals surface area (Å²) >= 11 is 18.2. The van der Waals surface area contributed by atoms with Gasteiger partial charge in [0, 0.05) is 10.0 Å². The monoisotopic (exact) mass is 389 g/mol. The number of hydrogen-bond acceptors (Lipinski definition) is 4.